The van der Waals surface area contributed by atoms with Crippen molar-refractivity contribution in [1.29, 1.82) is 0 Å². The fraction of sp³-hybridized carbons (Fsp3) is 0.310. The molecule has 0 saturated carbocycles. The quantitative estimate of drug-likeness (QED) is 0.451. The zero-order valence-electron chi connectivity index (χ0n) is 21.3. The number of para-hydroxylation sites is 2. The molecule has 1 aliphatic heterocycles. The van der Waals surface area contributed by atoms with Crippen LogP contribution in [0.5, 0.6) is 0 Å². The first-order chi connectivity index (χ1) is 16.9. The molecule has 0 fully saturated rings. The molecule has 0 radical (unpaired) electrons. The van der Waals surface area contributed by atoms with Crippen LogP contribution in [0.1, 0.15) is 48.7 Å². The zero-order chi connectivity index (χ0) is 25.5. The third-order valence-electron chi connectivity index (χ3n) is 6.17. The van der Waals surface area contributed by atoms with Crippen molar-refractivity contribution in [3.63, 3.8) is 0 Å². The van der Waals surface area contributed by atoms with Gasteiger partial charge in [0.25, 0.3) is 5.91 Å². The van der Waals surface area contributed by atoms with Crippen molar-refractivity contribution >= 4 is 28.9 Å². The van der Waals surface area contributed by atoms with Crippen molar-refractivity contribution in [2.75, 3.05) is 28.6 Å². The predicted molar refractivity (Wildman–Crippen MR) is 146 cm³/mol. The van der Waals surface area contributed by atoms with Gasteiger partial charge in [-0.3, -0.25) is 9.59 Å². The Balaban J connectivity index is 0.00000167. The minimum atomic E-state index is -0.303. The second-order valence-corrected chi connectivity index (χ2v) is 8.62. The molecule has 0 spiro atoms. The van der Waals surface area contributed by atoms with E-state index < -0.39 is 0 Å². The van der Waals surface area contributed by atoms with Crippen molar-refractivity contribution in [2.24, 2.45) is 5.73 Å². The van der Waals surface area contributed by atoms with E-state index in [1.54, 1.807) is 6.07 Å². The molecule has 184 valence electrons. The summed E-state index contributed by atoms with van der Waals surface area (Å²) < 4.78 is 0. The molecule has 1 aliphatic rings. The van der Waals surface area contributed by atoms with Gasteiger partial charge in [-0.05, 0) is 68.1 Å². The summed E-state index contributed by atoms with van der Waals surface area (Å²) in [6, 6.07) is 19.8. The van der Waals surface area contributed by atoms with Gasteiger partial charge in [0.05, 0.1) is 17.9 Å². The van der Waals surface area contributed by atoms with E-state index in [0.29, 0.717) is 17.8 Å². The topological polar surface area (TPSA) is 87.5 Å². The molecule has 1 atom stereocenters. The van der Waals surface area contributed by atoms with Crippen LogP contribution in [0.3, 0.4) is 0 Å². The van der Waals surface area contributed by atoms with Crippen LogP contribution in [0.15, 0.2) is 60.7 Å². The number of nitrogens with one attached hydrogen (secondary N) is 2. The number of nitrogens with zero attached hydrogens (tertiary/aromatic N) is 1. The molecule has 4 N–H and O–H groups in total. The highest BCUT2D eigenvalue weighted by Gasteiger charge is 2.25. The standard InChI is InChI=1S/C27H30N4O2.C2H6/c1-17-8-9-20(14-18(17)2)22-11-10-21(15-24(22)30-26(32)16-28)27(33)31-13-12-19(3)29-23-6-4-5-7-25(23)31;1-2/h4-11,14-15,19,29H,12-13,16,28H2,1-3H3,(H,30,32);1-2H3. The van der Waals surface area contributed by atoms with Gasteiger partial charge in [0.2, 0.25) is 5.91 Å². The van der Waals surface area contributed by atoms with Crippen LogP contribution in [-0.2, 0) is 4.79 Å². The van der Waals surface area contributed by atoms with Crippen LogP contribution < -0.4 is 21.3 Å². The Kier molecular flexibility index (Phi) is 8.66. The van der Waals surface area contributed by atoms with Gasteiger partial charge in [0, 0.05) is 29.4 Å². The smallest absolute Gasteiger partial charge is 0.258 e. The molecule has 0 bridgehead atoms. The average Bonchev–Trinajstić information content (AvgIpc) is 3.04. The first-order valence-electron chi connectivity index (χ1n) is 12.3. The fourth-order valence-corrected chi connectivity index (χ4v) is 4.12. The number of anilines is 3. The molecule has 0 aromatic heterocycles. The SMILES string of the molecule is CC.Cc1ccc(-c2ccc(C(=O)N3CCC(C)Nc4ccccc43)cc2NC(=O)CN)cc1C. The lowest BCUT2D eigenvalue weighted by Gasteiger charge is -2.23. The van der Waals surface area contributed by atoms with Gasteiger partial charge in [-0.15, -0.1) is 0 Å². The summed E-state index contributed by atoms with van der Waals surface area (Å²) in [7, 11) is 0. The molecule has 35 heavy (non-hydrogen) atoms. The summed E-state index contributed by atoms with van der Waals surface area (Å²) >= 11 is 0. The van der Waals surface area contributed by atoms with Gasteiger partial charge >= 0.3 is 0 Å². The summed E-state index contributed by atoms with van der Waals surface area (Å²) in [4.78, 5) is 27.6. The van der Waals surface area contributed by atoms with Crippen LogP contribution in [0, 0.1) is 13.8 Å². The zero-order valence-corrected chi connectivity index (χ0v) is 21.3. The number of carbonyl (C=O) groups is 2. The third kappa shape index (κ3) is 5.89. The van der Waals surface area contributed by atoms with Gasteiger partial charge in [-0.2, -0.15) is 0 Å². The Labute approximate surface area is 208 Å². The number of amides is 2. The van der Waals surface area contributed by atoms with Crippen LogP contribution in [0.4, 0.5) is 17.1 Å². The van der Waals surface area contributed by atoms with Crippen molar-refractivity contribution in [1.82, 2.24) is 0 Å². The van der Waals surface area contributed by atoms with E-state index in [1.807, 2.05) is 61.2 Å². The Hall–Kier alpha value is -3.64. The Morgan fingerprint density at radius 2 is 1.77 bits per heavy atom. The molecule has 3 aromatic carbocycles. The summed E-state index contributed by atoms with van der Waals surface area (Å²) in [6.07, 6.45) is 0.831. The predicted octanol–water partition coefficient (Wildman–Crippen LogP) is 5.74. The molecule has 4 rings (SSSR count). The Morgan fingerprint density at radius 1 is 1.03 bits per heavy atom. The molecular weight excluding hydrogens is 436 g/mol. The largest absolute Gasteiger partial charge is 0.381 e. The number of fused-ring (bicyclic) bond motifs is 1. The molecule has 6 heteroatoms. The Bertz CT molecular complexity index is 1210. The van der Waals surface area contributed by atoms with E-state index in [1.165, 1.54) is 5.56 Å². The highest BCUT2D eigenvalue weighted by Crippen LogP contribution is 2.34. The van der Waals surface area contributed by atoms with Crippen molar-refractivity contribution in [2.45, 2.75) is 47.1 Å². The van der Waals surface area contributed by atoms with Crippen LogP contribution in [0.25, 0.3) is 11.1 Å². The number of hydrogen-bond acceptors (Lipinski definition) is 4. The summed E-state index contributed by atoms with van der Waals surface area (Å²) in [5, 5.41) is 6.36. The number of hydrogen-bond donors (Lipinski definition) is 3. The van der Waals surface area contributed by atoms with Gasteiger partial charge in [0.1, 0.15) is 0 Å². The monoisotopic (exact) mass is 472 g/mol. The first-order valence-corrected chi connectivity index (χ1v) is 12.3. The summed E-state index contributed by atoms with van der Waals surface area (Å²) in [5.74, 6) is -0.406. The van der Waals surface area contributed by atoms with E-state index in [0.717, 1.165) is 34.5 Å². The second-order valence-electron chi connectivity index (χ2n) is 8.62. The van der Waals surface area contributed by atoms with E-state index in [9.17, 15) is 9.59 Å². The third-order valence-corrected chi connectivity index (χ3v) is 6.17. The van der Waals surface area contributed by atoms with Gasteiger partial charge in [0.15, 0.2) is 0 Å². The van der Waals surface area contributed by atoms with Crippen molar-refractivity contribution < 1.29 is 9.59 Å². The van der Waals surface area contributed by atoms with E-state index in [2.05, 4.69) is 43.5 Å². The average molecular weight is 473 g/mol. The molecule has 3 aromatic rings. The maximum Gasteiger partial charge on any atom is 0.258 e. The van der Waals surface area contributed by atoms with E-state index >= 15 is 0 Å². The van der Waals surface area contributed by atoms with E-state index in [-0.39, 0.29) is 24.4 Å². The number of rotatable bonds is 4. The van der Waals surface area contributed by atoms with Gasteiger partial charge in [-0.25, -0.2) is 0 Å². The van der Waals surface area contributed by atoms with Crippen LogP contribution >= 0.6 is 0 Å². The number of aryl methyl sites for hydroxylation is 2. The number of nitrogens with two attached hydrogens (primary N) is 1. The van der Waals surface area contributed by atoms with Crippen molar-refractivity contribution in [3.8, 4) is 11.1 Å². The normalized spacial score (nSPS) is 14.6. The lowest BCUT2D eigenvalue weighted by atomic mass is 9.97. The molecule has 6 nitrogen and oxygen atoms in total. The molecular formula is C29H36N4O2. The first kappa shape index (κ1) is 26.0. The summed E-state index contributed by atoms with van der Waals surface area (Å²) in [6.45, 7) is 10.7. The lowest BCUT2D eigenvalue weighted by molar-refractivity contribution is -0.114. The minimum Gasteiger partial charge on any atom is -0.381 e. The highest BCUT2D eigenvalue weighted by atomic mass is 16.2. The number of carbonyl (C=O) groups excluding carboxylic acids is 2. The number of benzene rings is 3. The molecule has 0 saturated heterocycles. The van der Waals surface area contributed by atoms with Crippen LogP contribution in [0.2, 0.25) is 0 Å². The second kappa shape index (κ2) is 11.7. The Morgan fingerprint density at radius 3 is 2.49 bits per heavy atom. The summed E-state index contributed by atoms with van der Waals surface area (Å²) in [5.41, 5.74) is 12.6. The maximum atomic E-state index is 13.6. The van der Waals surface area contributed by atoms with Gasteiger partial charge < -0.3 is 21.3 Å². The lowest BCUT2D eigenvalue weighted by Crippen LogP contribution is -2.32. The van der Waals surface area contributed by atoms with Crippen LogP contribution in [-0.4, -0.2) is 30.9 Å². The van der Waals surface area contributed by atoms with Crippen molar-refractivity contribution in [3.05, 3.63) is 77.4 Å². The highest BCUT2D eigenvalue weighted by molar-refractivity contribution is 6.09. The molecule has 2 amide bonds. The maximum absolute atomic E-state index is 13.6. The van der Waals surface area contributed by atoms with Gasteiger partial charge in [-0.1, -0.05) is 50.2 Å². The molecule has 0 aliphatic carbocycles. The van der Waals surface area contributed by atoms with E-state index in [4.69, 9.17) is 5.73 Å². The minimum absolute atomic E-state index is 0.103. The fourth-order valence-electron chi connectivity index (χ4n) is 4.12. The molecule has 1 unspecified atom stereocenters. The molecule has 1 heterocycles.